The molecule has 0 bridgehead atoms. The molecular weight excluding hydrogens is 270 g/mol. The van der Waals surface area contributed by atoms with Crippen molar-refractivity contribution in [3.05, 3.63) is 29.8 Å². The van der Waals surface area contributed by atoms with Crippen LogP contribution in [0.1, 0.15) is 31.7 Å². The van der Waals surface area contributed by atoms with Gasteiger partial charge in [0.1, 0.15) is 5.75 Å². The molecule has 0 spiro atoms. The maximum atomic E-state index is 12.2. The predicted molar refractivity (Wildman–Crippen MR) is 78.0 cm³/mol. The Morgan fingerprint density at radius 1 is 1.24 bits per heavy atom. The summed E-state index contributed by atoms with van der Waals surface area (Å²) < 4.78 is 0. The summed E-state index contributed by atoms with van der Waals surface area (Å²) in [5.41, 5.74) is 0.0484. The molecule has 0 aromatic heterocycles. The quantitative estimate of drug-likeness (QED) is 0.890. The van der Waals surface area contributed by atoms with Gasteiger partial charge in [-0.1, -0.05) is 18.2 Å². The first-order valence-electron chi connectivity index (χ1n) is 7.20. The Kier molecular flexibility index (Phi) is 4.50. The van der Waals surface area contributed by atoms with E-state index in [4.69, 9.17) is 0 Å². The van der Waals surface area contributed by atoms with Crippen LogP contribution in [0.25, 0.3) is 0 Å². The number of para-hydroxylation sites is 1. The predicted octanol–water partition coefficient (Wildman–Crippen LogP) is 2.04. The van der Waals surface area contributed by atoms with E-state index in [1.807, 2.05) is 6.07 Å². The van der Waals surface area contributed by atoms with Crippen LogP contribution in [-0.4, -0.2) is 40.1 Å². The number of carboxylic acid groups (broad SMARTS) is 1. The summed E-state index contributed by atoms with van der Waals surface area (Å²) in [5, 5.41) is 18.8. The van der Waals surface area contributed by atoms with Gasteiger partial charge in [0.2, 0.25) is 5.91 Å². The molecule has 5 nitrogen and oxygen atoms in total. The normalized spacial score (nSPS) is 17.5. The van der Waals surface area contributed by atoms with Gasteiger partial charge in [-0.2, -0.15) is 0 Å². The summed E-state index contributed by atoms with van der Waals surface area (Å²) in [6, 6.07) is 7.00. The van der Waals surface area contributed by atoms with Crippen LogP contribution in [0.2, 0.25) is 0 Å². The lowest BCUT2D eigenvalue weighted by Gasteiger charge is -2.36. The minimum absolute atomic E-state index is 0.0192. The molecule has 21 heavy (non-hydrogen) atoms. The van der Waals surface area contributed by atoms with E-state index in [-0.39, 0.29) is 11.7 Å². The summed E-state index contributed by atoms with van der Waals surface area (Å²) in [6.45, 7) is 2.71. The molecule has 2 rings (SSSR count). The van der Waals surface area contributed by atoms with Crippen LogP contribution in [0, 0.1) is 5.41 Å². The van der Waals surface area contributed by atoms with E-state index in [0.717, 1.165) is 5.56 Å². The molecule has 2 N–H and O–H groups in total. The van der Waals surface area contributed by atoms with Crippen LogP contribution >= 0.6 is 0 Å². The van der Waals surface area contributed by atoms with Crippen molar-refractivity contribution in [3.63, 3.8) is 0 Å². The summed E-state index contributed by atoms with van der Waals surface area (Å²) in [7, 11) is 0. The molecule has 1 aliphatic rings. The number of aromatic hydroxyl groups is 1. The zero-order valence-electron chi connectivity index (χ0n) is 12.2. The number of carboxylic acids is 1. The summed E-state index contributed by atoms with van der Waals surface area (Å²) in [6.07, 6.45) is 1.81. The third kappa shape index (κ3) is 3.54. The van der Waals surface area contributed by atoms with Crippen LogP contribution in [0.5, 0.6) is 5.75 Å². The summed E-state index contributed by atoms with van der Waals surface area (Å²) in [5.74, 6) is -0.558. The molecule has 1 fully saturated rings. The number of aryl methyl sites for hydroxylation is 1. The standard InChI is InChI=1S/C16H21NO4/c1-16(15(20)21)8-10-17(11-9-16)14(19)7-6-12-4-2-3-5-13(12)18/h2-5,18H,6-11H2,1H3,(H,20,21). The highest BCUT2D eigenvalue weighted by Gasteiger charge is 2.37. The molecule has 1 aliphatic heterocycles. The van der Waals surface area contributed by atoms with Gasteiger partial charge in [-0.25, -0.2) is 0 Å². The molecule has 1 amide bonds. The molecule has 0 radical (unpaired) electrons. The maximum Gasteiger partial charge on any atom is 0.309 e. The molecule has 0 unspecified atom stereocenters. The van der Waals surface area contributed by atoms with Crippen LogP contribution < -0.4 is 0 Å². The first kappa shape index (κ1) is 15.4. The molecule has 0 atom stereocenters. The first-order valence-corrected chi connectivity index (χ1v) is 7.20. The summed E-state index contributed by atoms with van der Waals surface area (Å²) in [4.78, 5) is 25.1. The highest BCUT2D eigenvalue weighted by molar-refractivity contribution is 5.78. The van der Waals surface area contributed by atoms with Gasteiger partial charge in [-0.3, -0.25) is 9.59 Å². The average Bonchev–Trinajstić information content (AvgIpc) is 2.46. The number of carbonyl (C=O) groups excluding carboxylic acids is 1. The number of phenols is 1. The monoisotopic (exact) mass is 291 g/mol. The Hall–Kier alpha value is -2.04. The zero-order chi connectivity index (χ0) is 15.5. The Bertz CT molecular complexity index is 533. The van der Waals surface area contributed by atoms with Gasteiger partial charge >= 0.3 is 5.97 Å². The number of piperidine rings is 1. The topological polar surface area (TPSA) is 77.8 Å². The minimum Gasteiger partial charge on any atom is -0.508 e. The van der Waals surface area contributed by atoms with Gasteiger partial charge < -0.3 is 15.1 Å². The van der Waals surface area contributed by atoms with Crippen LogP contribution in [0.3, 0.4) is 0 Å². The van der Waals surface area contributed by atoms with Crippen molar-refractivity contribution >= 4 is 11.9 Å². The van der Waals surface area contributed by atoms with E-state index in [1.54, 1.807) is 30.0 Å². The molecule has 5 heteroatoms. The van der Waals surface area contributed by atoms with E-state index < -0.39 is 11.4 Å². The van der Waals surface area contributed by atoms with Gasteiger partial charge in [0.25, 0.3) is 0 Å². The molecule has 0 saturated carbocycles. The first-order chi connectivity index (χ1) is 9.92. The van der Waals surface area contributed by atoms with Gasteiger partial charge in [0.15, 0.2) is 0 Å². The van der Waals surface area contributed by atoms with Crippen molar-refractivity contribution in [1.29, 1.82) is 0 Å². The number of amides is 1. The van der Waals surface area contributed by atoms with Crippen LogP contribution in [-0.2, 0) is 16.0 Å². The van der Waals surface area contributed by atoms with Crippen molar-refractivity contribution in [2.75, 3.05) is 13.1 Å². The second-order valence-corrected chi connectivity index (χ2v) is 5.88. The number of likely N-dealkylation sites (tertiary alicyclic amines) is 1. The van der Waals surface area contributed by atoms with Crippen molar-refractivity contribution in [3.8, 4) is 5.75 Å². The van der Waals surface area contributed by atoms with Gasteiger partial charge in [-0.05, 0) is 37.8 Å². The number of nitrogens with zero attached hydrogens (tertiary/aromatic N) is 1. The fourth-order valence-electron chi connectivity index (χ4n) is 2.59. The number of hydrogen-bond donors (Lipinski definition) is 2. The van der Waals surface area contributed by atoms with E-state index >= 15 is 0 Å². The van der Waals surface area contributed by atoms with Crippen LogP contribution in [0.15, 0.2) is 24.3 Å². The SMILES string of the molecule is CC1(C(=O)O)CCN(C(=O)CCc2ccccc2O)CC1. The van der Waals surface area contributed by atoms with E-state index in [1.165, 1.54) is 0 Å². The largest absolute Gasteiger partial charge is 0.508 e. The molecule has 114 valence electrons. The second-order valence-electron chi connectivity index (χ2n) is 5.88. The Balaban J connectivity index is 1.86. The lowest BCUT2D eigenvalue weighted by atomic mass is 9.80. The molecule has 1 saturated heterocycles. The second kappa shape index (κ2) is 6.16. The van der Waals surface area contributed by atoms with Crippen LogP contribution in [0.4, 0.5) is 0 Å². The van der Waals surface area contributed by atoms with Crippen molar-refractivity contribution in [2.24, 2.45) is 5.41 Å². The average molecular weight is 291 g/mol. The number of hydrogen-bond acceptors (Lipinski definition) is 3. The molecule has 1 aromatic carbocycles. The number of aliphatic carboxylic acids is 1. The smallest absolute Gasteiger partial charge is 0.309 e. The Morgan fingerprint density at radius 2 is 1.86 bits per heavy atom. The number of carbonyl (C=O) groups is 2. The van der Waals surface area contributed by atoms with E-state index in [0.29, 0.717) is 38.8 Å². The fraction of sp³-hybridized carbons (Fsp3) is 0.500. The van der Waals surface area contributed by atoms with E-state index in [2.05, 4.69) is 0 Å². The van der Waals surface area contributed by atoms with Gasteiger partial charge in [0, 0.05) is 19.5 Å². The molecule has 1 aromatic rings. The lowest BCUT2D eigenvalue weighted by Crippen LogP contribution is -2.45. The molecule has 1 heterocycles. The number of phenolic OH excluding ortho intramolecular Hbond substituents is 1. The minimum atomic E-state index is -0.788. The lowest BCUT2D eigenvalue weighted by molar-refractivity contribution is -0.153. The zero-order valence-corrected chi connectivity index (χ0v) is 12.2. The Morgan fingerprint density at radius 3 is 2.43 bits per heavy atom. The van der Waals surface area contributed by atoms with Gasteiger partial charge in [0.05, 0.1) is 5.41 Å². The number of rotatable bonds is 4. The third-order valence-corrected chi connectivity index (χ3v) is 4.34. The van der Waals surface area contributed by atoms with E-state index in [9.17, 15) is 19.8 Å². The highest BCUT2D eigenvalue weighted by Crippen LogP contribution is 2.31. The maximum absolute atomic E-state index is 12.2. The van der Waals surface area contributed by atoms with Crippen molar-refractivity contribution in [1.82, 2.24) is 4.90 Å². The molecular formula is C16H21NO4. The highest BCUT2D eigenvalue weighted by atomic mass is 16.4. The van der Waals surface area contributed by atoms with Crippen molar-refractivity contribution < 1.29 is 19.8 Å². The Labute approximate surface area is 124 Å². The third-order valence-electron chi connectivity index (χ3n) is 4.34. The molecule has 0 aliphatic carbocycles. The fourth-order valence-corrected chi connectivity index (χ4v) is 2.59. The number of benzene rings is 1. The van der Waals surface area contributed by atoms with Crippen molar-refractivity contribution in [2.45, 2.75) is 32.6 Å². The summed E-state index contributed by atoms with van der Waals surface area (Å²) >= 11 is 0. The van der Waals surface area contributed by atoms with Gasteiger partial charge in [-0.15, -0.1) is 0 Å².